The van der Waals surface area contributed by atoms with Gasteiger partial charge in [0.1, 0.15) is 0 Å². The van der Waals surface area contributed by atoms with Crippen molar-refractivity contribution in [2.45, 2.75) is 58.8 Å². The van der Waals surface area contributed by atoms with Crippen molar-refractivity contribution in [3.63, 3.8) is 0 Å². The average molecular weight is 574 g/mol. The highest BCUT2D eigenvalue weighted by Gasteiger charge is 2.34. The number of aliphatic hydroxyl groups is 2. The van der Waals surface area contributed by atoms with Gasteiger partial charge in [-0.05, 0) is 56.0 Å². The van der Waals surface area contributed by atoms with Crippen molar-refractivity contribution in [2.24, 2.45) is 17.8 Å². The van der Waals surface area contributed by atoms with Gasteiger partial charge in [0.2, 0.25) is 0 Å². The van der Waals surface area contributed by atoms with E-state index in [9.17, 15) is 10.2 Å². The fourth-order valence-corrected chi connectivity index (χ4v) is 8.32. The van der Waals surface area contributed by atoms with E-state index >= 15 is 0 Å². The van der Waals surface area contributed by atoms with E-state index in [1.807, 2.05) is 27.9 Å². The maximum absolute atomic E-state index is 9.39. The van der Waals surface area contributed by atoms with Gasteiger partial charge in [0.05, 0.1) is 6.61 Å². The van der Waals surface area contributed by atoms with E-state index in [4.69, 9.17) is 34.7 Å². The summed E-state index contributed by atoms with van der Waals surface area (Å²) < 4.78 is 30.7. The summed E-state index contributed by atoms with van der Waals surface area (Å²) in [5.41, 5.74) is 0. The highest BCUT2D eigenvalue weighted by atomic mass is 32.1. The Kier molecular flexibility index (Phi) is 19.5. The molecule has 0 heterocycles. The molecule has 5 atom stereocenters. The van der Waals surface area contributed by atoms with E-state index in [0.717, 1.165) is 30.7 Å². The molecular formula is C23H51NO7S2Si2. The smallest absolute Gasteiger partial charge is 0.335 e. The van der Waals surface area contributed by atoms with Crippen molar-refractivity contribution < 1.29 is 32.7 Å². The highest BCUT2D eigenvalue weighted by molar-refractivity contribution is 7.80. The van der Waals surface area contributed by atoms with Crippen LogP contribution in [0.1, 0.15) is 33.6 Å². The monoisotopic (exact) mass is 573 g/mol. The number of aliphatic hydroxyl groups excluding tert-OH is 2. The van der Waals surface area contributed by atoms with Crippen LogP contribution >= 0.6 is 24.8 Å². The lowest BCUT2D eigenvalue weighted by Gasteiger charge is -2.32. The molecule has 0 bridgehead atoms. The predicted molar refractivity (Wildman–Crippen MR) is 154 cm³/mol. The summed E-state index contributed by atoms with van der Waals surface area (Å²) in [6.45, 7) is 12.9. The topological polar surface area (TPSA) is 89.9 Å². The molecule has 0 fully saturated rings. The molecule has 0 aliphatic heterocycles. The number of ether oxygens (including phenoxy) is 1. The molecule has 0 amide bonds. The third-order valence-electron chi connectivity index (χ3n) is 5.47. The largest absolute Gasteiger partial charge is 0.471 e. The molecule has 12 heteroatoms. The Bertz CT molecular complexity index is 568. The van der Waals surface area contributed by atoms with Crippen molar-refractivity contribution in [2.75, 3.05) is 66.1 Å². The molecule has 210 valence electrons. The second kappa shape index (κ2) is 19.3. The van der Waals surface area contributed by atoms with Crippen LogP contribution in [0.3, 0.4) is 0 Å². The third-order valence-corrected chi connectivity index (χ3v) is 11.9. The van der Waals surface area contributed by atoms with Crippen LogP contribution in [0.15, 0.2) is 0 Å². The number of rotatable bonds is 21. The molecule has 0 aromatic rings. The van der Waals surface area contributed by atoms with Crippen LogP contribution in [0, 0.1) is 17.8 Å². The third kappa shape index (κ3) is 17.4. The van der Waals surface area contributed by atoms with E-state index in [2.05, 4.69) is 32.6 Å². The van der Waals surface area contributed by atoms with Crippen molar-refractivity contribution >= 4 is 47.1 Å². The molecule has 4 unspecified atom stereocenters. The minimum atomic E-state index is -2.48. The fourth-order valence-electron chi connectivity index (χ4n) is 2.88. The van der Waals surface area contributed by atoms with Gasteiger partial charge in [0.15, 0.2) is 0 Å². The Hall–Kier alpha value is 0.234. The van der Waals surface area contributed by atoms with Crippen molar-refractivity contribution in [3.05, 3.63) is 0 Å². The van der Waals surface area contributed by atoms with E-state index in [1.54, 1.807) is 4.90 Å². The number of thiocarbonyl (C=S) groups is 1. The van der Waals surface area contributed by atoms with Crippen LogP contribution in [0.5, 0.6) is 0 Å². The Balaban J connectivity index is 4.85. The van der Waals surface area contributed by atoms with Gasteiger partial charge in [0, 0.05) is 71.5 Å². The maximum Gasteiger partial charge on any atom is 0.335 e. The quantitative estimate of drug-likeness (QED) is 0.0824. The molecule has 2 N–H and O–H groups in total. The molecule has 8 nitrogen and oxygen atoms in total. The average Bonchev–Trinajstić information content (AvgIpc) is 2.84. The van der Waals surface area contributed by atoms with Gasteiger partial charge in [-0.1, -0.05) is 20.8 Å². The maximum atomic E-state index is 9.39. The molecule has 0 spiro atoms. The van der Waals surface area contributed by atoms with E-state index in [-0.39, 0.29) is 31.0 Å². The normalized spacial score (nSPS) is 17.8. The molecule has 0 aromatic carbocycles. The Labute approximate surface area is 226 Å². The Morgan fingerprint density at radius 1 is 0.800 bits per heavy atom. The summed E-state index contributed by atoms with van der Waals surface area (Å²) >= 11 is 9.52. The predicted octanol–water partition coefficient (Wildman–Crippen LogP) is 3.66. The zero-order valence-corrected chi connectivity index (χ0v) is 26.7. The lowest BCUT2D eigenvalue weighted by Crippen LogP contribution is -2.44. The zero-order valence-electron chi connectivity index (χ0n) is 23.0. The molecule has 0 aliphatic carbocycles. The number of nitrogens with zero attached hydrogens (tertiary/aromatic N) is 1. The first-order valence-electron chi connectivity index (χ1n) is 12.6. The lowest BCUT2D eigenvalue weighted by molar-refractivity contribution is 0.0864. The van der Waals surface area contributed by atoms with Gasteiger partial charge >= 0.3 is 17.1 Å². The standard InChI is InChI=1S/C23H51NO7S2Si2/c1-20(14-25)16-28-34(6,12-8-10-27-23(33)24(4)5)30-18-22(3)19-31-35(7,13-9-11-32)29-17-21(2)15-26/h20-22,25-26,32H,8-19H2,1-7H3/t20?,21?,22?,34?,35-/m0/s1. The van der Waals surface area contributed by atoms with Crippen LogP contribution in [-0.4, -0.2) is 104 Å². The summed E-state index contributed by atoms with van der Waals surface area (Å²) in [5.74, 6) is 1.10. The molecule has 0 saturated heterocycles. The minimum absolute atomic E-state index is 0.0563. The van der Waals surface area contributed by atoms with E-state index < -0.39 is 17.1 Å². The van der Waals surface area contributed by atoms with Gasteiger partial charge in [-0.15, -0.1) is 0 Å². The fraction of sp³-hybridized carbons (Fsp3) is 0.957. The molecule has 0 saturated carbocycles. The number of thiol groups is 1. The lowest BCUT2D eigenvalue weighted by atomic mass is 10.2. The van der Waals surface area contributed by atoms with Crippen molar-refractivity contribution in [1.82, 2.24) is 4.90 Å². The molecule has 0 aliphatic rings. The van der Waals surface area contributed by atoms with Crippen molar-refractivity contribution in [1.29, 1.82) is 0 Å². The van der Waals surface area contributed by atoms with Gasteiger partial charge < -0.3 is 37.6 Å². The molecule has 0 aromatic heterocycles. The first kappa shape index (κ1) is 35.2. The van der Waals surface area contributed by atoms with Crippen LogP contribution < -0.4 is 0 Å². The second-order valence-electron chi connectivity index (χ2n) is 10.1. The summed E-state index contributed by atoms with van der Waals surface area (Å²) in [5, 5.41) is 19.2. The molecule has 35 heavy (non-hydrogen) atoms. The van der Waals surface area contributed by atoms with Gasteiger partial charge in [-0.2, -0.15) is 12.6 Å². The van der Waals surface area contributed by atoms with Crippen LogP contribution in [0.25, 0.3) is 0 Å². The SMILES string of the molecule is CC(CO)CO[Si](C)(CCCOC(=S)N(C)C)OCC(C)CO[Si@@](C)(CCCS)OCC(C)CO. The second-order valence-corrected chi connectivity index (χ2v) is 17.6. The summed E-state index contributed by atoms with van der Waals surface area (Å²) in [7, 11) is -1.13. The van der Waals surface area contributed by atoms with E-state index in [0.29, 0.717) is 38.2 Å². The highest BCUT2D eigenvalue weighted by Crippen LogP contribution is 2.22. The van der Waals surface area contributed by atoms with Gasteiger partial charge in [-0.3, -0.25) is 0 Å². The van der Waals surface area contributed by atoms with Gasteiger partial charge in [0.25, 0.3) is 5.17 Å². The van der Waals surface area contributed by atoms with Gasteiger partial charge in [-0.25, -0.2) is 0 Å². The van der Waals surface area contributed by atoms with Crippen LogP contribution in [-0.2, 0) is 22.4 Å². The van der Waals surface area contributed by atoms with Crippen LogP contribution in [0.4, 0.5) is 0 Å². The first-order valence-corrected chi connectivity index (χ1v) is 18.7. The Morgan fingerprint density at radius 2 is 1.20 bits per heavy atom. The van der Waals surface area contributed by atoms with Crippen LogP contribution in [0.2, 0.25) is 25.2 Å². The molecule has 0 radical (unpaired) electrons. The summed E-state index contributed by atoms with van der Waals surface area (Å²) in [6.07, 6.45) is 1.71. The van der Waals surface area contributed by atoms with E-state index in [1.165, 1.54) is 0 Å². The first-order chi connectivity index (χ1) is 16.4. The van der Waals surface area contributed by atoms with Crippen molar-refractivity contribution in [3.8, 4) is 0 Å². The molecule has 0 rings (SSSR count). The Morgan fingerprint density at radius 3 is 1.57 bits per heavy atom. The summed E-state index contributed by atoms with van der Waals surface area (Å²) in [6, 6.07) is 1.64. The zero-order chi connectivity index (χ0) is 26.9. The number of hydrogen-bond acceptors (Lipinski definition) is 9. The number of hydrogen-bond donors (Lipinski definition) is 3. The summed E-state index contributed by atoms with van der Waals surface area (Å²) in [4.78, 5) is 1.77. The minimum Gasteiger partial charge on any atom is -0.471 e. The molecular weight excluding hydrogens is 523 g/mol.